The average Bonchev–Trinajstić information content (AvgIpc) is 2.39. The Morgan fingerprint density at radius 1 is 1.05 bits per heavy atom. The molecule has 0 spiro atoms. The zero-order valence-corrected chi connectivity index (χ0v) is 15.6. The quantitative estimate of drug-likeness (QED) is 0.506. The van der Waals surface area contributed by atoms with Gasteiger partial charge in [0.15, 0.2) is 0 Å². The van der Waals surface area contributed by atoms with Gasteiger partial charge in [-0.3, -0.25) is 0 Å². The average molecular weight is 388 g/mol. The molecule has 0 fully saturated rings. The van der Waals surface area contributed by atoms with Gasteiger partial charge in [0.1, 0.15) is 0 Å². The summed E-state index contributed by atoms with van der Waals surface area (Å²) in [6.45, 7) is 6.70. The third-order valence-electron chi connectivity index (χ3n) is 4.15. The molecule has 0 aliphatic heterocycles. The molecule has 19 heavy (non-hydrogen) atoms. The van der Waals surface area contributed by atoms with E-state index in [1.807, 2.05) is 12.1 Å². The van der Waals surface area contributed by atoms with Crippen LogP contribution in [-0.2, 0) is 15.2 Å². The summed E-state index contributed by atoms with van der Waals surface area (Å²) in [5.41, 5.74) is 1.17. The summed E-state index contributed by atoms with van der Waals surface area (Å²) < 4.78 is 22.5. The summed E-state index contributed by atoms with van der Waals surface area (Å²) in [5, 5.41) is -1.87. The number of hydrogen-bond donors (Lipinski definition) is 0. The fourth-order valence-corrected chi connectivity index (χ4v) is 6.99. The van der Waals surface area contributed by atoms with Crippen LogP contribution in [0.1, 0.15) is 26.3 Å². The first-order valence-electron chi connectivity index (χ1n) is 6.42. The van der Waals surface area contributed by atoms with Gasteiger partial charge in [-0.2, -0.15) is 0 Å². The molecule has 0 aromatic heterocycles. The van der Waals surface area contributed by atoms with Crippen molar-refractivity contribution >= 4 is 40.5 Å². The van der Waals surface area contributed by atoms with Crippen LogP contribution < -0.4 is 0 Å². The van der Waals surface area contributed by atoms with E-state index in [0.717, 1.165) is 24.6 Å². The fraction of sp³-hybridized carbons (Fsp3) is 0.538. The molecule has 0 N–H and O–H groups in total. The minimum atomic E-state index is -3.62. The molecule has 1 aromatic rings. The molecule has 0 bridgehead atoms. The molecule has 0 unspecified atom stereocenters. The standard InChI is InChI=1S/C13H21BrClO2PS/c1-4-18(14,5-2,6-3)11-12-7-9-13(10-8-12)19(15,16)17/h7-10H,4-6,11H2,1-3H3. The molecule has 0 saturated carbocycles. The van der Waals surface area contributed by atoms with Gasteiger partial charge in [-0.05, 0) is 0 Å². The predicted octanol–water partition coefficient (Wildman–Crippen LogP) is 5.04. The molecular formula is C13H21BrClO2PS. The van der Waals surface area contributed by atoms with E-state index >= 15 is 0 Å². The van der Waals surface area contributed by atoms with Gasteiger partial charge >= 0.3 is 129 Å². The Hall–Kier alpha value is 0.370. The van der Waals surface area contributed by atoms with Crippen molar-refractivity contribution in [2.75, 3.05) is 18.5 Å². The zero-order valence-electron chi connectivity index (χ0n) is 11.6. The van der Waals surface area contributed by atoms with Gasteiger partial charge in [-0.1, -0.05) is 0 Å². The van der Waals surface area contributed by atoms with Crippen molar-refractivity contribution in [2.24, 2.45) is 0 Å². The molecule has 0 aliphatic rings. The molecule has 0 saturated heterocycles. The number of halogens is 2. The van der Waals surface area contributed by atoms with E-state index in [2.05, 4.69) is 36.3 Å². The van der Waals surface area contributed by atoms with Crippen LogP contribution >= 0.6 is 31.5 Å². The van der Waals surface area contributed by atoms with Gasteiger partial charge in [0.05, 0.1) is 0 Å². The second-order valence-electron chi connectivity index (χ2n) is 5.01. The normalized spacial score (nSPS) is 14.9. The first kappa shape index (κ1) is 17.4. The van der Waals surface area contributed by atoms with E-state index in [1.165, 1.54) is 5.56 Å². The van der Waals surface area contributed by atoms with Crippen LogP contribution in [0, 0.1) is 0 Å². The van der Waals surface area contributed by atoms with Crippen molar-refractivity contribution in [3.05, 3.63) is 29.8 Å². The Kier molecular flexibility index (Phi) is 5.51. The molecule has 1 aromatic carbocycles. The van der Waals surface area contributed by atoms with Gasteiger partial charge < -0.3 is 0 Å². The van der Waals surface area contributed by atoms with Crippen molar-refractivity contribution < 1.29 is 8.42 Å². The molecule has 0 aliphatic carbocycles. The molecular weight excluding hydrogens is 367 g/mol. The molecule has 0 heterocycles. The molecule has 0 radical (unpaired) electrons. The Labute approximate surface area is 129 Å². The van der Waals surface area contributed by atoms with E-state index in [1.54, 1.807) is 12.1 Å². The Morgan fingerprint density at radius 2 is 1.47 bits per heavy atom. The van der Waals surface area contributed by atoms with Crippen LogP contribution in [0.5, 0.6) is 0 Å². The third kappa shape index (κ3) is 4.17. The summed E-state index contributed by atoms with van der Waals surface area (Å²) >= 11 is 4.07. The predicted molar refractivity (Wildman–Crippen MR) is 90.7 cm³/mol. The maximum absolute atomic E-state index is 11.2. The Bertz CT molecular complexity index is 527. The van der Waals surface area contributed by atoms with Crippen LogP contribution in [0.15, 0.2) is 29.2 Å². The summed E-state index contributed by atoms with van der Waals surface area (Å²) in [6.07, 6.45) is 4.44. The number of benzene rings is 1. The van der Waals surface area contributed by atoms with E-state index in [9.17, 15) is 8.42 Å². The summed E-state index contributed by atoms with van der Waals surface area (Å²) in [4.78, 5) is 0.164. The monoisotopic (exact) mass is 386 g/mol. The minimum absolute atomic E-state index is 0.164. The van der Waals surface area contributed by atoms with Crippen molar-refractivity contribution in [2.45, 2.75) is 31.8 Å². The Morgan fingerprint density at radius 3 is 1.79 bits per heavy atom. The van der Waals surface area contributed by atoms with Crippen LogP contribution in [0.2, 0.25) is 0 Å². The van der Waals surface area contributed by atoms with E-state index in [0.29, 0.717) is 0 Å². The molecule has 0 atom stereocenters. The molecule has 110 valence electrons. The third-order valence-corrected chi connectivity index (χ3v) is 16.7. The van der Waals surface area contributed by atoms with Gasteiger partial charge in [0.25, 0.3) is 0 Å². The fourth-order valence-electron chi connectivity index (χ4n) is 2.22. The van der Waals surface area contributed by atoms with Crippen molar-refractivity contribution in [1.82, 2.24) is 0 Å². The van der Waals surface area contributed by atoms with Gasteiger partial charge in [0.2, 0.25) is 0 Å². The van der Waals surface area contributed by atoms with E-state index in [4.69, 9.17) is 10.7 Å². The summed E-state index contributed by atoms with van der Waals surface area (Å²) in [7, 11) is 1.70. The van der Waals surface area contributed by atoms with Gasteiger partial charge in [-0.25, -0.2) is 0 Å². The van der Waals surface area contributed by atoms with Gasteiger partial charge in [0, 0.05) is 0 Å². The number of rotatable bonds is 6. The maximum atomic E-state index is 11.2. The molecule has 1 rings (SSSR count). The van der Waals surface area contributed by atoms with Gasteiger partial charge in [-0.15, -0.1) is 0 Å². The van der Waals surface area contributed by atoms with Crippen LogP contribution in [-0.4, -0.2) is 26.9 Å². The van der Waals surface area contributed by atoms with Crippen molar-refractivity contribution in [1.29, 1.82) is 0 Å². The SMILES string of the molecule is CCP(Br)(CC)(CC)Cc1ccc(S(=O)(=O)Cl)cc1. The molecule has 2 nitrogen and oxygen atoms in total. The van der Waals surface area contributed by atoms with Crippen LogP contribution in [0.25, 0.3) is 0 Å². The first-order valence-corrected chi connectivity index (χ1v) is 13.7. The second-order valence-corrected chi connectivity index (χ2v) is 19.4. The van der Waals surface area contributed by atoms with Crippen molar-refractivity contribution in [3.63, 3.8) is 0 Å². The van der Waals surface area contributed by atoms with E-state index < -0.39 is 14.4 Å². The van der Waals surface area contributed by atoms with E-state index in [-0.39, 0.29) is 4.90 Å². The summed E-state index contributed by atoms with van der Waals surface area (Å²) in [6, 6.07) is 6.93. The topological polar surface area (TPSA) is 34.1 Å². The molecule has 0 amide bonds. The van der Waals surface area contributed by atoms with Crippen LogP contribution in [0.3, 0.4) is 0 Å². The number of hydrogen-bond acceptors (Lipinski definition) is 2. The van der Waals surface area contributed by atoms with Crippen molar-refractivity contribution in [3.8, 4) is 0 Å². The van der Waals surface area contributed by atoms with Crippen LogP contribution in [0.4, 0.5) is 0 Å². The molecule has 6 heteroatoms. The Balaban J connectivity index is 3.07. The second kappa shape index (κ2) is 6.01. The first-order chi connectivity index (χ1) is 8.66. The zero-order chi connectivity index (χ0) is 14.8. The summed E-state index contributed by atoms with van der Waals surface area (Å²) in [5.74, 6) is 0.